The van der Waals surface area contributed by atoms with Crippen molar-refractivity contribution in [3.63, 3.8) is 0 Å². The molecule has 13 heteroatoms. The normalized spacial score (nSPS) is 14.0. The molecule has 0 bridgehead atoms. The number of nitriles is 1. The number of allylic oxidation sites excluding steroid dienone is 1. The molecule has 0 amide bonds. The van der Waals surface area contributed by atoms with Crippen molar-refractivity contribution in [2.45, 2.75) is 33.4 Å². The monoisotopic (exact) mass is 793 g/mol. The zero-order valence-electron chi connectivity index (χ0n) is 27.2. The van der Waals surface area contributed by atoms with Gasteiger partial charge in [-0.1, -0.05) is 41.7 Å². The van der Waals surface area contributed by atoms with Crippen LogP contribution in [0.5, 0.6) is 17.2 Å². The van der Waals surface area contributed by atoms with Crippen LogP contribution < -0.4 is 29.1 Å². The van der Waals surface area contributed by atoms with Crippen LogP contribution in [0.15, 0.2) is 81.7 Å². The third-order valence-corrected chi connectivity index (χ3v) is 9.27. The van der Waals surface area contributed by atoms with E-state index in [4.69, 9.17) is 18.9 Å². The number of carbonyl (C=O) groups excluding carboxylic acids is 2. The standard InChI is InChI=1S/C36H32IN3O8S/c1-5-45-29-17-23(12-14-28(29)48-20-31(41)44-4)33-32(35(43)46-6-2)21(3)39-36-40(33)34(42)30(49-36)16-22-11-13-27(26(37)15-22)47-19-25-10-8-7-9-24(25)18-38/h7-17,33H,5-6,19-20H2,1-4H3/b30-16-/t33-/m1/s1. The first-order valence-corrected chi connectivity index (χ1v) is 17.1. The summed E-state index contributed by atoms with van der Waals surface area (Å²) in [5.74, 6) is 0.135. The summed E-state index contributed by atoms with van der Waals surface area (Å²) in [4.78, 5) is 44.3. The lowest BCUT2D eigenvalue weighted by Crippen LogP contribution is -2.40. The number of esters is 2. The number of nitrogens with zero attached hydrogens (tertiary/aromatic N) is 3. The third-order valence-electron chi connectivity index (χ3n) is 7.45. The maximum absolute atomic E-state index is 14.1. The maximum Gasteiger partial charge on any atom is 0.343 e. The minimum absolute atomic E-state index is 0.139. The van der Waals surface area contributed by atoms with Crippen LogP contribution >= 0.6 is 33.9 Å². The van der Waals surface area contributed by atoms with Gasteiger partial charge in [-0.25, -0.2) is 14.6 Å². The number of halogens is 1. The van der Waals surface area contributed by atoms with Gasteiger partial charge in [-0.05, 0) is 90.9 Å². The zero-order valence-corrected chi connectivity index (χ0v) is 30.1. The highest BCUT2D eigenvalue weighted by Gasteiger charge is 2.34. The van der Waals surface area contributed by atoms with E-state index in [1.807, 2.05) is 43.3 Å². The molecule has 5 rings (SSSR count). The maximum atomic E-state index is 14.1. The van der Waals surface area contributed by atoms with Gasteiger partial charge < -0.3 is 23.7 Å². The van der Waals surface area contributed by atoms with E-state index in [1.165, 1.54) is 23.0 Å². The van der Waals surface area contributed by atoms with Crippen LogP contribution in [0.25, 0.3) is 6.08 Å². The van der Waals surface area contributed by atoms with Crippen LogP contribution in [0.2, 0.25) is 0 Å². The number of thiazole rings is 1. The summed E-state index contributed by atoms with van der Waals surface area (Å²) in [6.07, 6.45) is 1.77. The van der Waals surface area contributed by atoms with Crippen LogP contribution in [-0.2, 0) is 25.7 Å². The lowest BCUT2D eigenvalue weighted by Gasteiger charge is -2.25. The van der Waals surface area contributed by atoms with Crippen molar-refractivity contribution in [3.8, 4) is 23.3 Å². The largest absolute Gasteiger partial charge is 0.490 e. The Morgan fingerprint density at radius 3 is 2.51 bits per heavy atom. The van der Waals surface area contributed by atoms with Gasteiger partial charge in [0.15, 0.2) is 22.9 Å². The van der Waals surface area contributed by atoms with Gasteiger partial charge in [0.25, 0.3) is 5.56 Å². The van der Waals surface area contributed by atoms with E-state index in [0.29, 0.717) is 50.0 Å². The minimum atomic E-state index is -0.876. The van der Waals surface area contributed by atoms with Crippen molar-refractivity contribution in [1.82, 2.24) is 4.57 Å². The van der Waals surface area contributed by atoms with Crippen LogP contribution in [0.4, 0.5) is 0 Å². The van der Waals surface area contributed by atoms with Crippen molar-refractivity contribution < 1.29 is 33.3 Å². The molecule has 0 radical (unpaired) electrons. The Balaban J connectivity index is 1.54. The number of methoxy groups -OCH3 is 1. The number of hydrogen-bond acceptors (Lipinski definition) is 11. The molecule has 0 unspecified atom stereocenters. The Morgan fingerprint density at radius 1 is 1.02 bits per heavy atom. The summed E-state index contributed by atoms with van der Waals surface area (Å²) in [5, 5.41) is 9.39. The highest BCUT2D eigenvalue weighted by Crippen LogP contribution is 2.36. The van der Waals surface area contributed by atoms with Crippen molar-refractivity contribution in [2.75, 3.05) is 26.9 Å². The van der Waals surface area contributed by atoms with E-state index in [-0.39, 0.29) is 31.0 Å². The Labute approximate surface area is 299 Å². The van der Waals surface area contributed by atoms with E-state index in [9.17, 15) is 19.6 Å². The average Bonchev–Trinajstić information content (AvgIpc) is 3.40. The molecule has 1 aliphatic rings. The van der Waals surface area contributed by atoms with Gasteiger partial charge in [0.1, 0.15) is 12.4 Å². The molecule has 0 saturated carbocycles. The van der Waals surface area contributed by atoms with Gasteiger partial charge in [-0.3, -0.25) is 9.36 Å². The van der Waals surface area contributed by atoms with Gasteiger partial charge >= 0.3 is 11.9 Å². The highest BCUT2D eigenvalue weighted by atomic mass is 127. The molecule has 11 nitrogen and oxygen atoms in total. The fourth-order valence-corrected chi connectivity index (χ4v) is 6.91. The molecule has 0 N–H and O–H groups in total. The van der Waals surface area contributed by atoms with Crippen molar-refractivity contribution in [2.24, 2.45) is 4.99 Å². The molecule has 252 valence electrons. The van der Waals surface area contributed by atoms with Crippen LogP contribution in [0.1, 0.15) is 49.1 Å². The zero-order chi connectivity index (χ0) is 35.1. The predicted octanol–water partition coefficient (Wildman–Crippen LogP) is 4.80. The second-order valence-electron chi connectivity index (χ2n) is 10.6. The summed E-state index contributed by atoms with van der Waals surface area (Å²) in [5.41, 5.74) is 2.98. The number of hydrogen-bond donors (Lipinski definition) is 0. The summed E-state index contributed by atoms with van der Waals surface area (Å²) in [6.45, 7) is 5.59. The lowest BCUT2D eigenvalue weighted by molar-refractivity contribution is -0.143. The lowest BCUT2D eigenvalue weighted by atomic mass is 9.95. The fraction of sp³-hybridized carbons (Fsp3) is 0.250. The first-order chi connectivity index (χ1) is 23.7. The Bertz CT molecular complexity index is 2170. The molecule has 0 spiro atoms. The molecule has 1 atom stereocenters. The molecule has 0 aliphatic carbocycles. The molecule has 3 aromatic carbocycles. The summed E-state index contributed by atoms with van der Waals surface area (Å²) in [6, 6.07) is 19.2. The number of benzene rings is 3. The number of rotatable bonds is 12. The fourth-order valence-electron chi connectivity index (χ4n) is 5.17. The molecule has 49 heavy (non-hydrogen) atoms. The molecule has 0 saturated heterocycles. The number of aromatic nitrogens is 1. The molecule has 1 aromatic heterocycles. The Hall–Kier alpha value is -4.94. The summed E-state index contributed by atoms with van der Waals surface area (Å²) < 4.78 is 30.3. The molecular weight excluding hydrogens is 761 g/mol. The smallest absolute Gasteiger partial charge is 0.343 e. The van der Waals surface area contributed by atoms with Gasteiger partial charge in [-0.2, -0.15) is 5.26 Å². The highest BCUT2D eigenvalue weighted by molar-refractivity contribution is 14.1. The topological polar surface area (TPSA) is 138 Å². The van der Waals surface area contributed by atoms with E-state index < -0.39 is 18.0 Å². The number of fused-ring (bicyclic) bond motifs is 1. The van der Waals surface area contributed by atoms with Crippen LogP contribution in [0, 0.1) is 14.9 Å². The molecular formula is C36H32IN3O8S. The van der Waals surface area contributed by atoms with E-state index >= 15 is 0 Å². The molecule has 4 aromatic rings. The van der Waals surface area contributed by atoms with Gasteiger partial charge in [0.2, 0.25) is 0 Å². The molecule has 0 fully saturated rings. The first kappa shape index (κ1) is 35.4. The number of ether oxygens (including phenoxy) is 5. The van der Waals surface area contributed by atoms with Crippen molar-refractivity contribution in [3.05, 3.63) is 117 Å². The third kappa shape index (κ3) is 7.87. The second-order valence-corrected chi connectivity index (χ2v) is 12.7. The van der Waals surface area contributed by atoms with Crippen molar-refractivity contribution >= 4 is 51.9 Å². The molecule has 2 heterocycles. The van der Waals surface area contributed by atoms with Gasteiger partial charge in [-0.15, -0.1) is 0 Å². The molecule has 1 aliphatic heterocycles. The minimum Gasteiger partial charge on any atom is -0.490 e. The average molecular weight is 794 g/mol. The Morgan fingerprint density at radius 2 is 1.80 bits per heavy atom. The SMILES string of the molecule is CCOC(=O)C1=C(C)N=c2s/c(=C\c3ccc(OCc4ccccc4C#N)c(I)c3)c(=O)n2[C@@H]1c1ccc(OCC(=O)OC)c(OCC)c1. The first-order valence-electron chi connectivity index (χ1n) is 15.2. The van der Waals surface area contributed by atoms with E-state index in [2.05, 4.69) is 38.4 Å². The van der Waals surface area contributed by atoms with Crippen LogP contribution in [-0.4, -0.2) is 43.4 Å². The second kappa shape index (κ2) is 16.0. The van der Waals surface area contributed by atoms with Crippen molar-refractivity contribution in [1.29, 1.82) is 5.26 Å². The number of carbonyl (C=O) groups is 2. The van der Waals surface area contributed by atoms with E-state index in [1.54, 1.807) is 44.2 Å². The quantitative estimate of drug-likeness (QED) is 0.146. The van der Waals surface area contributed by atoms with Gasteiger partial charge in [0.05, 0.1) is 57.4 Å². The van der Waals surface area contributed by atoms with Crippen LogP contribution in [0.3, 0.4) is 0 Å². The Kier molecular flexibility index (Phi) is 11.5. The summed E-state index contributed by atoms with van der Waals surface area (Å²) in [7, 11) is 1.27. The van der Waals surface area contributed by atoms with Gasteiger partial charge in [0, 0.05) is 5.56 Å². The predicted molar refractivity (Wildman–Crippen MR) is 190 cm³/mol. The van der Waals surface area contributed by atoms with E-state index in [0.717, 1.165) is 14.7 Å². The summed E-state index contributed by atoms with van der Waals surface area (Å²) >= 11 is 3.38.